The molecule has 3 aromatic rings. The lowest BCUT2D eigenvalue weighted by molar-refractivity contribution is 0.0696. The second-order valence-corrected chi connectivity index (χ2v) is 9.19. The Morgan fingerprint density at radius 3 is 2.38 bits per heavy atom. The van der Waals surface area contributed by atoms with E-state index in [9.17, 15) is 14.4 Å². The number of carboxylic acids is 1. The van der Waals surface area contributed by atoms with Crippen molar-refractivity contribution in [2.45, 2.75) is 32.6 Å². The quantitative estimate of drug-likeness (QED) is 0.251. The molecule has 0 aromatic heterocycles. The van der Waals surface area contributed by atoms with Gasteiger partial charge in [0.1, 0.15) is 11.5 Å². The van der Waals surface area contributed by atoms with Gasteiger partial charge in [0.25, 0.3) is 0 Å². The molecule has 0 bridgehead atoms. The summed E-state index contributed by atoms with van der Waals surface area (Å²) in [4.78, 5) is 11.0. The van der Waals surface area contributed by atoms with E-state index in [0.717, 1.165) is 29.2 Å². The van der Waals surface area contributed by atoms with E-state index in [4.69, 9.17) is 5.11 Å². The molecule has 0 atom stereocenters. The minimum absolute atomic E-state index is 0.109. The molecule has 0 amide bonds. The van der Waals surface area contributed by atoms with Gasteiger partial charge in [-0.2, -0.15) is 0 Å². The number of allylic oxidation sites excluding steroid dienone is 2. The molecule has 3 aromatic carbocycles. The first-order valence-corrected chi connectivity index (χ1v) is 11.0. The van der Waals surface area contributed by atoms with Crippen molar-refractivity contribution < 1.29 is 19.5 Å². The van der Waals surface area contributed by atoms with Crippen LogP contribution >= 0.6 is 0 Å². The first-order valence-electron chi connectivity index (χ1n) is 11.0. The lowest BCUT2D eigenvalue weighted by Crippen LogP contribution is -2.22. The molecule has 4 rings (SSSR count). The maximum absolute atomic E-state index is 14.3. The van der Waals surface area contributed by atoms with E-state index in [1.165, 1.54) is 35.4 Å². The van der Waals surface area contributed by atoms with Gasteiger partial charge in [-0.05, 0) is 71.4 Å². The molecule has 0 saturated heterocycles. The van der Waals surface area contributed by atoms with Crippen molar-refractivity contribution in [1.29, 1.82) is 0 Å². The number of aromatic carboxylic acids is 1. The van der Waals surface area contributed by atoms with Crippen molar-refractivity contribution in [3.8, 4) is 0 Å². The van der Waals surface area contributed by atoms with Gasteiger partial charge in [-0.15, -0.1) is 0 Å². The molecule has 34 heavy (non-hydrogen) atoms. The van der Waals surface area contributed by atoms with Crippen LogP contribution in [0.4, 0.5) is 4.39 Å². The van der Waals surface area contributed by atoms with Gasteiger partial charge < -0.3 is 10.3 Å². The molecular formula is C29H26FNO3. The first kappa shape index (κ1) is 23.2. The number of nitrogens with zero attached hydrogens (tertiary/aromatic N) is 1. The SMILES string of the molecule is Cc1ccc(C2=CCC(C)(C)c3cc(C(/C=C/c4ccc(C(=O)O)cc4F)=N\O)ccc32)cc1. The number of hydrogen-bond acceptors (Lipinski definition) is 3. The van der Waals surface area contributed by atoms with Gasteiger partial charge in [0.05, 0.1) is 5.56 Å². The fraction of sp³-hybridized carbons (Fsp3) is 0.172. The maximum Gasteiger partial charge on any atom is 0.335 e. The Morgan fingerprint density at radius 1 is 1.03 bits per heavy atom. The fourth-order valence-corrected chi connectivity index (χ4v) is 4.23. The molecule has 4 nitrogen and oxygen atoms in total. The third-order valence-corrected chi connectivity index (χ3v) is 6.29. The zero-order valence-corrected chi connectivity index (χ0v) is 19.3. The zero-order valence-electron chi connectivity index (χ0n) is 19.3. The second-order valence-electron chi connectivity index (χ2n) is 9.19. The number of benzene rings is 3. The van der Waals surface area contributed by atoms with E-state index in [-0.39, 0.29) is 22.3 Å². The Kier molecular flexibility index (Phi) is 6.20. The number of aryl methyl sites for hydroxylation is 1. The lowest BCUT2D eigenvalue weighted by atomic mass is 9.71. The Labute approximate surface area is 198 Å². The topological polar surface area (TPSA) is 69.9 Å². The van der Waals surface area contributed by atoms with Crippen LogP contribution in [-0.2, 0) is 5.41 Å². The van der Waals surface area contributed by atoms with Crippen molar-refractivity contribution in [2.75, 3.05) is 0 Å². The van der Waals surface area contributed by atoms with Crippen molar-refractivity contribution in [1.82, 2.24) is 0 Å². The van der Waals surface area contributed by atoms with Crippen LogP contribution in [0.15, 0.2) is 78.0 Å². The largest absolute Gasteiger partial charge is 0.478 e. The molecule has 0 saturated carbocycles. The highest BCUT2D eigenvalue weighted by atomic mass is 19.1. The first-order chi connectivity index (χ1) is 16.2. The highest BCUT2D eigenvalue weighted by Gasteiger charge is 2.29. The number of oxime groups is 1. The van der Waals surface area contributed by atoms with Gasteiger partial charge in [0, 0.05) is 11.1 Å². The summed E-state index contributed by atoms with van der Waals surface area (Å²) in [6, 6.07) is 18.1. The van der Waals surface area contributed by atoms with Crippen LogP contribution in [0.5, 0.6) is 0 Å². The monoisotopic (exact) mass is 455 g/mol. The number of carbonyl (C=O) groups is 1. The van der Waals surface area contributed by atoms with E-state index >= 15 is 0 Å². The van der Waals surface area contributed by atoms with Crippen LogP contribution in [0.3, 0.4) is 0 Å². The fourth-order valence-electron chi connectivity index (χ4n) is 4.23. The zero-order chi connectivity index (χ0) is 24.5. The molecule has 0 fully saturated rings. The molecule has 1 aliphatic carbocycles. The number of hydrogen-bond donors (Lipinski definition) is 2. The molecule has 0 aliphatic heterocycles. The van der Waals surface area contributed by atoms with Crippen molar-refractivity contribution >= 4 is 23.3 Å². The highest BCUT2D eigenvalue weighted by molar-refractivity contribution is 6.11. The van der Waals surface area contributed by atoms with Crippen LogP contribution in [0.1, 0.15) is 64.0 Å². The molecule has 0 heterocycles. The molecular weight excluding hydrogens is 429 g/mol. The smallest absolute Gasteiger partial charge is 0.335 e. The predicted octanol–water partition coefficient (Wildman–Crippen LogP) is 6.84. The third kappa shape index (κ3) is 4.55. The summed E-state index contributed by atoms with van der Waals surface area (Å²) in [6.07, 6.45) is 6.14. The standard InChI is InChI=1S/C29H26FNO3/c1-18-4-6-19(7-5-18)23-14-15-29(2,3)25-16-21(10-12-24(23)25)27(31-34)13-11-20-8-9-22(28(32)33)17-26(20)30/h4-14,16-17,34H,15H2,1-3H3,(H,32,33)/b13-11+,31-27-. The summed E-state index contributed by atoms with van der Waals surface area (Å²) in [5, 5.41) is 22.1. The van der Waals surface area contributed by atoms with Crippen LogP contribution in [-0.4, -0.2) is 22.0 Å². The van der Waals surface area contributed by atoms with E-state index in [0.29, 0.717) is 5.56 Å². The minimum Gasteiger partial charge on any atom is -0.478 e. The van der Waals surface area contributed by atoms with Gasteiger partial charge >= 0.3 is 5.97 Å². The van der Waals surface area contributed by atoms with Gasteiger partial charge in [-0.1, -0.05) is 73.1 Å². The van der Waals surface area contributed by atoms with Gasteiger partial charge in [-0.3, -0.25) is 0 Å². The Balaban J connectivity index is 1.69. The molecule has 172 valence electrons. The molecule has 0 radical (unpaired) electrons. The average Bonchev–Trinajstić information content (AvgIpc) is 2.81. The molecule has 1 aliphatic rings. The van der Waals surface area contributed by atoms with Crippen LogP contribution in [0.25, 0.3) is 11.6 Å². The number of carboxylic acid groups (broad SMARTS) is 1. The molecule has 2 N–H and O–H groups in total. The van der Waals surface area contributed by atoms with Crippen molar-refractivity contribution in [3.63, 3.8) is 0 Å². The molecule has 5 heteroatoms. The van der Waals surface area contributed by atoms with E-state index in [2.05, 4.69) is 56.3 Å². The molecule has 0 spiro atoms. The Hall–Kier alpha value is -3.99. The van der Waals surface area contributed by atoms with Gasteiger partial charge in [0.2, 0.25) is 0 Å². The van der Waals surface area contributed by atoms with Crippen molar-refractivity contribution in [2.24, 2.45) is 5.16 Å². The Bertz CT molecular complexity index is 1350. The number of rotatable bonds is 5. The summed E-state index contributed by atoms with van der Waals surface area (Å²) in [5.41, 5.74) is 6.79. The van der Waals surface area contributed by atoms with E-state index < -0.39 is 11.8 Å². The van der Waals surface area contributed by atoms with Crippen LogP contribution in [0, 0.1) is 12.7 Å². The van der Waals surface area contributed by atoms with E-state index in [1.54, 1.807) is 0 Å². The summed E-state index contributed by atoms with van der Waals surface area (Å²) >= 11 is 0. The molecule has 0 unspecified atom stereocenters. The highest BCUT2D eigenvalue weighted by Crippen LogP contribution is 2.41. The van der Waals surface area contributed by atoms with Crippen LogP contribution < -0.4 is 0 Å². The van der Waals surface area contributed by atoms with Gasteiger partial charge in [0.15, 0.2) is 0 Å². The number of halogens is 1. The van der Waals surface area contributed by atoms with Crippen molar-refractivity contribution in [3.05, 3.63) is 118 Å². The van der Waals surface area contributed by atoms with Gasteiger partial charge in [-0.25, -0.2) is 9.18 Å². The summed E-state index contributed by atoms with van der Waals surface area (Å²) in [5.74, 6) is -1.85. The average molecular weight is 456 g/mol. The third-order valence-electron chi connectivity index (χ3n) is 6.29. The van der Waals surface area contributed by atoms with Crippen LogP contribution in [0.2, 0.25) is 0 Å². The Morgan fingerprint density at radius 2 is 1.74 bits per heavy atom. The summed E-state index contributed by atoms with van der Waals surface area (Å²) in [7, 11) is 0. The maximum atomic E-state index is 14.3. The summed E-state index contributed by atoms with van der Waals surface area (Å²) in [6.45, 7) is 6.43. The summed E-state index contributed by atoms with van der Waals surface area (Å²) < 4.78 is 14.3. The predicted molar refractivity (Wildman–Crippen MR) is 133 cm³/mol. The second kappa shape index (κ2) is 9.10. The number of fused-ring (bicyclic) bond motifs is 1. The minimum atomic E-state index is -1.19. The lowest BCUT2D eigenvalue weighted by Gasteiger charge is -2.33. The normalized spacial score (nSPS) is 15.2. The van der Waals surface area contributed by atoms with E-state index in [1.807, 2.05) is 18.2 Å².